The van der Waals surface area contributed by atoms with Crippen molar-refractivity contribution in [3.8, 4) is 0 Å². The molecule has 0 aliphatic rings. The maximum absolute atomic E-state index is 3.74. The van der Waals surface area contributed by atoms with Crippen molar-refractivity contribution in [1.29, 1.82) is 0 Å². The lowest BCUT2D eigenvalue weighted by Crippen LogP contribution is -1.86. The Morgan fingerprint density at radius 1 is 1.42 bits per heavy atom. The molecule has 1 aromatic rings. The highest BCUT2D eigenvalue weighted by Gasteiger charge is 1.92. The molecule has 1 aromatic carbocycles. The first kappa shape index (κ1) is 9.53. The average molecular weight is 225 g/mol. The summed E-state index contributed by atoms with van der Waals surface area (Å²) < 4.78 is 0. The minimum Gasteiger partial charge on any atom is -0.0985 e. The van der Waals surface area contributed by atoms with E-state index in [1.807, 2.05) is 6.08 Å². The zero-order valence-electron chi connectivity index (χ0n) is 7.09. The maximum atomic E-state index is 3.74. The van der Waals surface area contributed by atoms with Crippen LogP contribution in [0.1, 0.15) is 17.5 Å². The molecule has 1 rings (SSSR count). The molecule has 0 saturated heterocycles. The molecule has 0 bridgehead atoms. The molecule has 12 heavy (non-hydrogen) atoms. The smallest absolute Gasteiger partial charge is 0.00344 e. The predicted octanol–water partition coefficient (Wildman–Crippen LogP) is 3.66. The van der Waals surface area contributed by atoms with Crippen molar-refractivity contribution in [2.45, 2.75) is 12.8 Å². The SMILES string of the molecule is C=Cc1cccc(CCCBr)c1. The first-order valence-electron chi connectivity index (χ1n) is 4.14. The number of rotatable bonds is 4. The molecule has 0 radical (unpaired) electrons. The number of hydrogen-bond acceptors (Lipinski definition) is 0. The largest absolute Gasteiger partial charge is 0.0985 e. The Hall–Kier alpha value is -0.560. The van der Waals surface area contributed by atoms with Crippen LogP contribution < -0.4 is 0 Å². The summed E-state index contributed by atoms with van der Waals surface area (Å²) in [6.45, 7) is 3.74. The fourth-order valence-corrected chi connectivity index (χ4v) is 1.43. The van der Waals surface area contributed by atoms with Crippen molar-refractivity contribution in [2.75, 3.05) is 5.33 Å². The van der Waals surface area contributed by atoms with Crippen molar-refractivity contribution in [1.82, 2.24) is 0 Å². The maximum Gasteiger partial charge on any atom is 0.00344 e. The molecule has 0 N–H and O–H groups in total. The molecule has 0 fully saturated rings. The average Bonchev–Trinajstić information content (AvgIpc) is 2.15. The summed E-state index contributed by atoms with van der Waals surface area (Å²) in [5, 5.41) is 1.07. The van der Waals surface area contributed by atoms with Gasteiger partial charge in [0.05, 0.1) is 0 Å². The van der Waals surface area contributed by atoms with E-state index in [1.54, 1.807) is 0 Å². The van der Waals surface area contributed by atoms with Crippen LogP contribution in [-0.4, -0.2) is 5.33 Å². The van der Waals surface area contributed by atoms with Gasteiger partial charge in [-0.1, -0.05) is 52.9 Å². The van der Waals surface area contributed by atoms with Gasteiger partial charge in [-0.2, -0.15) is 0 Å². The van der Waals surface area contributed by atoms with Gasteiger partial charge in [-0.05, 0) is 24.0 Å². The molecule has 0 atom stereocenters. The summed E-state index contributed by atoms with van der Waals surface area (Å²) in [5.74, 6) is 0. The first-order valence-corrected chi connectivity index (χ1v) is 5.26. The molecular formula is C11H13Br. The molecule has 0 amide bonds. The normalized spacial score (nSPS) is 9.75. The molecule has 0 heterocycles. The van der Waals surface area contributed by atoms with Gasteiger partial charge in [0.15, 0.2) is 0 Å². The van der Waals surface area contributed by atoms with Crippen LogP contribution in [0, 0.1) is 0 Å². The predicted molar refractivity (Wildman–Crippen MR) is 58.6 cm³/mol. The highest BCUT2D eigenvalue weighted by molar-refractivity contribution is 9.09. The van der Waals surface area contributed by atoms with Gasteiger partial charge in [0.2, 0.25) is 0 Å². The van der Waals surface area contributed by atoms with Crippen molar-refractivity contribution in [3.63, 3.8) is 0 Å². The van der Waals surface area contributed by atoms with E-state index in [9.17, 15) is 0 Å². The molecule has 0 nitrogen and oxygen atoms in total. The molecule has 64 valence electrons. The van der Waals surface area contributed by atoms with Crippen LogP contribution in [0.5, 0.6) is 0 Å². The molecule has 0 unspecified atom stereocenters. The van der Waals surface area contributed by atoms with Crippen LogP contribution in [0.4, 0.5) is 0 Å². The molecule has 0 aromatic heterocycles. The second-order valence-electron chi connectivity index (χ2n) is 2.74. The topological polar surface area (TPSA) is 0 Å². The Balaban J connectivity index is 2.66. The molecule has 0 aliphatic carbocycles. The van der Waals surface area contributed by atoms with Gasteiger partial charge in [0.1, 0.15) is 0 Å². The van der Waals surface area contributed by atoms with E-state index in [0.717, 1.165) is 11.8 Å². The Morgan fingerprint density at radius 2 is 2.25 bits per heavy atom. The van der Waals surface area contributed by atoms with E-state index in [1.165, 1.54) is 17.5 Å². The summed E-state index contributed by atoms with van der Waals surface area (Å²) in [6, 6.07) is 8.51. The van der Waals surface area contributed by atoms with E-state index in [2.05, 4.69) is 46.8 Å². The monoisotopic (exact) mass is 224 g/mol. The summed E-state index contributed by atoms with van der Waals surface area (Å²) in [6.07, 6.45) is 4.23. The van der Waals surface area contributed by atoms with Gasteiger partial charge in [0, 0.05) is 5.33 Å². The van der Waals surface area contributed by atoms with E-state index >= 15 is 0 Å². The number of aryl methyl sites for hydroxylation is 1. The third-order valence-electron chi connectivity index (χ3n) is 1.79. The van der Waals surface area contributed by atoms with Crippen LogP contribution in [0.25, 0.3) is 6.08 Å². The Bertz CT molecular complexity index is 253. The van der Waals surface area contributed by atoms with Crippen LogP contribution in [0.3, 0.4) is 0 Å². The standard InChI is InChI=1S/C11H13Br/c1-2-10-5-3-6-11(9-10)7-4-8-12/h2-3,5-6,9H,1,4,7-8H2. The van der Waals surface area contributed by atoms with E-state index in [4.69, 9.17) is 0 Å². The number of alkyl halides is 1. The lowest BCUT2D eigenvalue weighted by molar-refractivity contribution is 0.939. The van der Waals surface area contributed by atoms with Crippen LogP contribution >= 0.6 is 15.9 Å². The van der Waals surface area contributed by atoms with E-state index < -0.39 is 0 Å². The number of benzene rings is 1. The minimum atomic E-state index is 1.07. The van der Waals surface area contributed by atoms with Gasteiger partial charge in [-0.15, -0.1) is 0 Å². The molecular weight excluding hydrogens is 212 g/mol. The van der Waals surface area contributed by atoms with Crippen LogP contribution in [0.2, 0.25) is 0 Å². The summed E-state index contributed by atoms with van der Waals surface area (Å²) >= 11 is 3.42. The molecule has 0 aliphatic heterocycles. The van der Waals surface area contributed by atoms with Crippen molar-refractivity contribution in [2.24, 2.45) is 0 Å². The quantitative estimate of drug-likeness (QED) is 0.686. The zero-order valence-corrected chi connectivity index (χ0v) is 8.68. The lowest BCUT2D eigenvalue weighted by Gasteiger charge is -1.99. The van der Waals surface area contributed by atoms with Gasteiger partial charge < -0.3 is 0 Å². The third kappa shape index (κ3) is 2.82. The Labute approximate surface area is 82.4 Å². The lowest BCUT2D eigenvalue weighted by atomic mass is 10.1. The van der Waals surface area contributed by atoms with Gasteiger partial charge in [-0.25, -0.2) is 0 Å². The Kier molecular flexibility index (Phi) is 4.09. The van der Waals surface area contributed by atoms with E-state index in [-0.39, 0.29) is 0 Å². The van der Waals surface area contributed by atoms with Crippen LogP contribution in [-0.2, 0) is 6.42 Å². The second-order valence-corrected chi connectivity index (χ2v) is 3.53. The van der Waals surface area contributed by atoms with Gasteiger partial charge in [0.25, 0.3) is 0 Å². The second kappa shape index (κ2) is 5.15. The Morgan fingerprint density at radius 3 is 2.92 bits per heavy atom. The number of halogens is 1. The van der Waals surface area contributed by atoms with Gasteiger partial charge in [-0.3, -0.25) is 0 Å². The zero-order chi connectivity index (χ0) is 8.81. The molecule has 1 heteroatoms. The molecule has 0 spiro atoms. The summed E-state index contributed by atoms with van der Waals surface area (Å²) in [4.78, 5) is 0. The highest BCUT2D eigenvalue weighted by Crippen LogP contribution is 2.08. The molecule has 0 saturated carbocycles. The van der Waals surface area contributed by atoms with E-state index in [0.29, 0.717) is 0 Å². The van der Waals surface area contributed by atoms with Crippen molar-refractivity contribution in [3.05, 3.63) is 42.0 Å². The summed E-state index contributed by atoms with van der Waals surface area (Å²) in [5.41, 5.74) is 2.61. The number of hydrogen-bond donors (Lipinski definition) is 0. The fraction of sp³-hybridized carbons (Fsp3) is 0.273. The van der Waals surface area contributed by atoms with Crippen molar-refractivity contribution >= 4 is 22.0 Å². The first-order chi connectivity index (χ1) is 5.86. The minimum absolute atomic E-state index is 1.07. The van der Waals surface area contributed by atoms with Crippen molar-refractivity contribution < 1.29 is 0 Å². The fourth-order valence-electron chi connectivity index (χ4n) is 1.15. The third-order valence-corrected chi connectivity index (χ3v) is 2.35. The summed E-state index contributed by atoms with van der Waals surface area (Å²) in [7, 11) is 0. The highest BCUT2D eigenvalue weighted by atomic mass is 79.9. The van der Waals surface area contributed by atoms with Crippen LogP contribution in [0.15, 0.2) is 30.8 Å². The van der Waals surface area contributed by atoms with Gasteiger partial charge >= 0.3 is 0 Å².